The van der Waals surface area contributed by atoms with Crippen molar-refractivity contribution in [2.45, 2.75) is 44.1 Å². The van der Waals surface area contributed by atoms with Crippen molar-refractivity contribution in [1.29, 1.82) is 0 Å². The van der Waals surface area contributed by atoms with Gasteiger partial charge in [-0.3, -0.25) is 4.99 Å². The number of rotatable bonds is 7. The normalized spacial score (nSPS) is 23.2. The summed E-state index contributed by atoms with van der Waals surface area (Å²) in [4.78, 5) is 4.82. The van der Waals surface area contributed by atoms with Crippen LogP contribution >= 0.6 is 34.8 Å². The third-order valence-corrected chi connectivity index (χ3v) is 8.84. The third kappa shape index (κ3) is 4.83. The number of halogens is 3. The number of aliphatic hydroxyl groups is 1. The first kappa shape index (κ1) is 25.0. The van der Waals surface area contributed by atoms with E-state index in [1.807, 2.05) is 30.3 Å². The van der Waals surface area contributed by atoms with Gasteiger partial charge in [0.1, 0.15) is 12.4 Å². The highest BCUT2D eigenvalue weighted by molar-refractivity contribution is 6.41. The predicted molar refractivity (Wildman–Crippen MR) is 152 cm³/mol. The molecule has 0 saturated heterocycles. The fourth-order valence-corrected chi connectivity index (χ4v) is 6.52. The Kier molecular flexibility index (Phi) is 6.61. The van der Waals surface area contributed by atoms with Crippen LogP contribution in [0.4, 0.5) is 0 Å². The molecule has 1 heterocycles. The second-order valence-corrected chi connectivity index (χ2v) is 11.7. The fourth-order valence-electron chi connectivity index (χ4n) is 5.60. The summed E-state index contributed by atoms with van der Waals surface area (Å²) in [5, 5.41) is 13.0. The first-order chi connectivity index (χ1) is 17.8. The fraction of sp³-hybridized carbons (Fsp3) is 0.323. The maximum atomic E-state index is 11.3. The summed E-state index contributed by atoms with van der Waals surface area (Å²) in [5.74, 6) is 1.55. The molecular weight excluding hydrogens is 525 g/mol. The Morgan fingerprint density at radius 2 is 1.62 bits per heavy atom. The van der Waals surface area contributed by atoms with Crippen molar-refractivity contribution in [3.63, 3.8) is 0 Å². The number of ether oxygens (including phenoxy) is 1. The summed E-state index contributed by atoms with van der Waals surface area (Å²) in [7, 11) is 0. The number of hydrogen-bond acceptors (Lipinski definition) is 3. The Morgan fingerprint density at radius 3 is 2.27 bits per heavy atom. The number of nitrogens with zero attached hydrogens (tertiary/aromatic N) is 1. The standard InChI is InChI=1S/C31H28Cl3NO2/c1-18-5-7-19(8-6-18)21-14-31(36,15-21)25-12-11-22(13-28(25)34)37-17-24-23(20-9-10-20)16-35-30(24)29-26(32)3-2-4-27(29)33/h2-8,11-13,20-21,36H,9-10,14-17H2,1H3. The lowest BCUT2D eigenvalue weighted by Gasteiger charge is -2.44. The molecule has 2 saturated carbocycles. The quantitative estimate of drug-likeness (QED) is 0.320. The van der Waals surface area contributed by atoms with Gasteiger partial charge in [-0.15, -0.1) is 0 Å². The summed E-state index contributed by atoms with van der Waals surface area (Å²) < 4.78 is 6.24. The number of aliphatic imine (C=N–C) groups is 1. The molecule has 3 nitrogen and oxygen atoms in total. The second-order valence-electron chi connectivity index (χ2n) is 10.5. The molecule has 0 atom stereocenters. The van der Waals surface area contributed by atoms with E-state index in [9.17, 15) is 5.11 Å². The molecule has 3 aliphatic rings. The molecule has 37 heavy (non-hydrogen) atoms. The maximum Gasteiger partial charge on any atom is 0.121 e. The molecule has 6 heteroatoms. The molecule has 6 rings (SSSR count). The van der Waals surface area contributed by atoms with Crippen molar-refractivity contribution in [1.82, 2.24) is 0 Å². The van der Waals surface area contributed by atoms with Crippen LogP contribution in [-0.2, 0) is 5.60 Å². The minimum absolute atomic E-state index is 0.335. The van der Waals surface area contributed by atoms with E-state index >= 15 is 0 Å². The zero-order valence-electron chi connectivity index (χ0n) is 20.6. The monoisotopic (exact) mass is 551 g/mol. The molecule has 0 unspecified atom stereocenters. The highest BCUT2D eigenvalue weighted by Gasteiger charge is 2.45. The minimum atomic E-state index is -0.918. The van der Waals surface area contributed by atoms with Gasteiger partial charge in [-0.1, -0.05) is 76.8 Å². The zero-order chi connectivity index (χ0) is 25.7. The van der Waals surface area contributed by atoms with Crippen molar-refractivity contribution < 1.29 is 9.84 Å². The van der Waals surface area contributed by atoms with Crippen LogP contribution in [0.25, 0.3) is 0 Å². The van der Waals surface area contributed by atoms with Gasteiger partial charge in [0.25, 0.3) is 0 Å². The van der Waals surface area contributed by atoms with Gasteiger partial charge in [-0.25, -0.2) is 0 Å². The van der Waals surface area contributed by atoms with Crippen molar-refractivity contribution >= 4 is 40.5 Å². The van der Waals surface area contributed by atoms with Crippen LogP contribution < -0.4 is 4.74 Å². The van der Waals surface area contributed by atoms with Gasteiger partial charge in [-0.05, 0) is 79.8 Å². The average molecular weight is 553 g/mol. The van der Waals surface area contributed by atoms with Crippen LogP contribution in [-0.4, -0.2) is 24.0 Å². The topological polar surface area (TPSA) is 41.8 Å². The lowest BCUT2D eigenvalue weighted by atomic mass is 9.65. The van der Waals surface area contributed by atoms with Crippen molar-refractivity contribution in [3.8, 4) is 5.75 Å². The van der Waals surface area contributed by atoms with Crippen LogP contribution in [0.15, 0.2) is 76.8 Å². The number of hydrogen-bond donors (Lipinski definition) is 1. The first-order valence-corrected chi connectivity index (χ1v) is 13.9. The van der Waals surface area contributed by atoms with E-state index in [-0.39, 0.29) is 0 Å². The lowest BCUT2D eigenvalue weighted by Crippen LogP contribution is -2.40. The molecule has 1 N–H and O–H groups in total. The molecular formula is C31H28Cl3NO2. The van der Waals surface area contributed by atoms with E-state index in [1.54, 1.807) is 6.07 Å². The van der Waals surface area contributed by atoms with Crippen LogP contribution in [0.3, 0.4) is 0 Å². The molecule has 190 valence electrons. The zero-order valence-corrected chi connectivity index (χ0v) is 22.9. The van der Waals surface area contributed by atoms with Gasteiger partial charge in [0.15, 0.2) is 0 Å². The molecule has 3 aromatic carbocycles. The van der Waals surface area contributed by atoms with E-state index in [2.05, 4.69) is 31.2 Å². The average Bonchev–Trinajstić information content (AvgIpc) is 3.62. The first-order valence-electron chi connectivity index (χ1n) is 12.8. The van der Waals surface area contributed by atoms with E-state index in [1.165, 1.54) is 29.5 Å². The van der Waals surface area contributed by atoms with Crippen LogP contribution in [0.5, 0.6) is 5.75 Å². The largest absolute Gasteiger partial charge is 0.489 e. The van der Waals surface area contributed by atoms with Gasteiger partial charge in [0, 0.05) is 16.7 Å². The molecule has 2 fully saturated rings. The van der Waals surface area contributed by atoms with Gasteiger partial charge in [-0.2, -0.15) is 0 Å². The Hall–Kier alpha value is -2.30. The van der Waals surface area contributed by atoms with Crippen molar-refractivity contribution in [2.75, 3.05) is 13.2 Å². The lowest BCUT2D eigenvalue weighted by molar-refractivity contribution is -0.0549. The van der Waals surface area contributed by atoms with Crippen molar-refractivity contribution in [3.05, 3.63) is 109 Å². The molecule has 0 spiro atoms. The van der Waals surface area contributed by atoms with Crippen LogP contribution in [0, 0.1) is 12.8 Å². The van der Waals surface area contributed by atoms with Gasteiger partial charge < -0.3 is 9.84 Å². The minimum Gasteiger partial charge on any atom is -0.489 e. The molecule has 3 aromatic rings. The molecule has 2 aliphatic carbocycles. The summed E-state index contributed by atoms with van der Waals surface area (Å²) in [6.45, 7) is 3.11. The van der Waals surface area contributed by atoms with E-state index in [4.69, 9.17) is 44.5 Å². The van der Waals surface area contributed by atoms with Crippen molar-refractivity contribution in [2.24, 2.45) is 10.9 Å². The smallest absolute Gasteiger partial charge is 0.121 e. The summed E-state index contributed by atoms with van der Waals surface area (Å²) in [5.41, 5.74) is 6.32. The number of benzene rings is 3. The summed E-state index contributed by atoms with van der Waals surface area (Å²) in [6, 6.07) is 19.7. The van der Waals surface area contributed by atoms with E-state index in [0.717, 1.165) is 22.4 Å². The second kappa shape index (κ2) is 9.78. The molecule has 0 radical (unpaired) electrons. The molecule has 1 aliphatic heterocycles. The SMILES string of the molecule is Cc1ccc(C2CC(O)(c3ccc(OCC4=C(C5CC5)CN=C4c4c(Cl)cccc4Cl)cc3Cl)C2)cc1. The Labute approximate surface area is 232 Å². The van der Waals surface area contributed by atoms with Gasteiger partial charge in [0.2, 0.25) is 0 Å². The molecule has 0 bridgehead atoms. The summed E-state index contributed by atoms with van der Waals surface area (Å²) >= 11 is 19.7. The highest BCUT2D eigenvalue weighted by Crippen LogP contribution is 2.52. The van der Waals surface area contributed by atoms with Crippen LogP contribution in [0.2, 0.25) is 15.1 Å². The van der Waals surface area contributed by atoms with Gasteiger partial charge >= 0.3 is 0 Å². The predicted octanol–water partition coefficient (Wildman–Crippen LogP) is 8.31. The number of aryl methyl sites for hydroxylation is 1. The Balaban J connectivity index is 1.18. The summed E-state index contributed by atoms with van der Waals surface area (Å²) in [6.07, 6.45) is 3.68. The highest BCUT2D eigenvalue weighted by atomic mass is 35.5. The third-order valence-electron chi connectivity index (χ3n) is 7.89. The maximum absolute atomic E-state index is 11.3. The Morgan fingerprint density at radius 1 is 0.919 bits per heavy atom. The van der Waals surface area contributed by atoms with E-state index < -0.39 is 5.60 Å². The molecule has 0 aromatic heterocycles. The van der Waals surface area contributed by atoms with Gasteiger partial charge in [0.05, 0.1) is 32.9 Å². The Bertz CT molecular complexity index is 1400. The van der Waals surface area contributed by atoms with E-state index in [0.29, 0.717) is 58.6 Å². The molecule has 0 amide bonds. The van der Waals surface area contributed by atoms with Crippen LogP contribution in [0.1, 0.15) is 53.9 Å².